The molecule has 0 aliphatic carbocycles. The third-order valence-corrected chi connectivity index (χ3v) is 4.77. The highest BCUT2D eigenvalue weighted by Gasteiger charge is 2.30. The van der Waals surface area contributed by atoms with Gasteiger partial charge >= 0.3 is 0 Å². The Balaban J connectivity index is 1.61. The molecule has 0 unspecified atom stereocenters. The van der Waals surface area contributed by atoms with Crippen LogP contribution in [0.25, 0.3) is 0 Å². The summed E-state index contributed by atoms with van der Waals surface area (Å²) >= 11 is 0. The van der Waals surface area contributed by atoms with Gasteiger partial charge in [-0.05, 0) is 33.0 Å². The molecule has 22 heavy (non-hydrogen) atoms. The SMILES string of the molecule is CN1CCC(N2CCN(C(=O)c3cn[nH]c3)C[C@@H](O)C2)CC1. The first-order valence-electron chi connectivity index (χ1n) is 8.02. The summed E-state index contributed by atoms with van der Waals surface area (Å²) in [4.78, 5) is 18.9. The van der Waals surface area contributed by atoms with Gasteiger partial charge in [0.15, 0.2) is 0 Å². The number of aliphatic hydroxyl groups is 1. The van der Waals surface area contributed by atoms with E-state index in [1.807, 2.05) is 0 Å². The normalized spacial score (nSPS) is 26.1. The maximum absolute atomic E-state index is 12.4. The Morgan fingerprint density at radius 1 is 1.27 bits per heavy atom. The lowest BCUT2D eigenvalue weighted by atomic mass is 10.0. The average Bonchev–Trinajstić information content (AvgIpc) is 2.97. The zero-order valence-corrected chi connectivity index (χ0v) is 13.1. The second kappa shape index (κ2) is 6.76. The number of aromatic nitrogens is 2. The lowest BCUT2D eigenvalue weighted by molar-refractivity contribution is 0.0627. The third-order valence-electron chi connectivity index (χ3n) is 4.77. The number of nitrogens with zero attached hydrogens (tertiary/aromatic N) is 4. The lowest BCUT2D eigenvalue weighted by Crippen LogP contribution is -2.46. The van der Waals surface area contributed by atoms with Crippen LogP contribution in [0.5, 0.6) is 0 Å². The van der Waals surface area contributed by atoms with Crippen molar-refractivity contribution >= 4 is 5.91 Å². The van der Waals surface area contributed by atoms with Gasteiger partial charge in [-0.2, -0.15) is 5.10 Å². The van der Waals surface area contributed by atoms with E-state index < -0.39 is 6.10 Å². The lowest BCUT2D eigenvalue weighted by Gasteiger charge is -2.37. The summed E-state index contributed by atoms with van der Waals surface area (Å²) in [5, 5.41) is 16.8. The summed E-state index contributed by atoms with van der Waals surface area (Å²) in [6, 6.07) is 0.523. The van der Waals surface area contributed by atoms with Crippen LogP contribution in [-0.2, 0) is 0 Å². The molecule has 3 rings (SSSR count). The van der Waals surface area contributed by atoms with Crippen molar-refractivity contribution in [3.63, 3.8) is 0 Å². The molecule has 2 fully saturated rings. The highest BCUT2D eigenvalue weighted by atomic mass is 16.3. The van der Waals surface area contributed by atoms with Crippen LogP contribution in [0.1, 0.15) is 23.2 Å². The molecule has 1 aromatic heterocycles. The van der Waals surface area contributed by atoms with E-state index in [4.69, 9.17) is 0 Å². The molecule has 2 aliphatic heterocycles. The Hall–Kier alpha value is -1.44. The van der Waals surface area contributed by atoms with Crippen LogP contribution in [0.2, 0.25) is 0 Å². The number of hydrogen-bond acceptors (Lipinski definition) is 5. The standard InChI is InChI=1S/C15H25N5O2/c1-18-4-2-13(3-5-18)19-6-7-20(11-14(21)10-19)15(22)12-8-16-17-9-12/h8-9,13-14,21H,2-7,10-11H2,1H3,(H,16,17)/t14-/m0/s1. The van der Waals surface area contributed by atoms with Gasteiger partial charge in [0.05, 0.1) is 17.9 Å². The number of carbonyl (C=O) groups is 1. The van der Waals surface area contributed by atoms with E-state index in [9.17, 15) is 9.90 Å². The molecule has 2 N–H and O–H groups in total. The van der Waals surface area contributed by atoms with Crippen LogP contribution >= 0.6 is 0 Å². The largest absolute Gasteiger partial charge is 0.390 e. The summed E-state index contributed by atoms with van der Waals surface area (Å²) < 4.78 is 0. The molecule has 2 saturated heterocycles. The van der Waals surface area contributed by atoms with Gasteiger partial charge in [-0.1, -0.05) is 0 Å². The first-order chi connectivity index (χ1) is 10.6. The van der Waals surface area contributed by atoms with E-state index >= 15 is 0 Å². The number of aliphatic hydroxyl groups excluding tert-OH is 1. The van der Waals surface area contributed by atoms with E-state index in [-0.39, 0.29) is 5.91 Å². The fraction of sp³-hybridized carbons (Fsp3) is 0.733. The first kappa shape index (κ1) is 15.5. The number of β-amino-alcohol motifs (C(OH)–C–C–N with tert-alkyl or cyclic N) is 1. The van der Waals surface area contributed by atoms with Crippen molar-refractivity contribution in [3.05, 3.63) is 18.0 Å². The van der Waals surface area contributed by atoms with E-state index in [1.165, 1.54) is 6.20 Å². The van der Waals surface area contributed by atoms with Gasteiger partial charge in [0.2, 0.25) is 0 Å². The molecule has 2 aliphatic rings. The topological polar surface area (TPSA) is 75.7 Å². The van der Waals surface area contributed by atoms with E-state index in [1.54, 1.807) is 11.1 Å². The van der Waals surface area contributed by atoms with Crippen LogP contribution in [0.4, 0.5) is 0 Å². The van der Waals surface area contributed by atoms with Crippen molar-refractivity contribution in [3.8, 4) is 0 Å². The third kappa shape index (κ3) is 3.48. The van der Waals surface area contributed by atoms with Crippen molar-refractivity contribution in [2.75, 3.05) is 46.3 Å². The van der Waals surface area contributed by atoms with Crippen molar-refractivity contribution in [1.29, 1.82) is 0 Å². The van der Waals surface area contributed by atoms with E-state index in [0.717, 1.165) is 32.5 Å². The monoisotopic (exact) mass is 307 g/mol. The molecule has 0 radical (unpaired) electrons. The number of piperidine rings is 1. The van der Waals surface area contributed by atoms with Gasteiger partial charge in [-0.15, -0.1) is 0 Å². The van der Waals surface area contributed by atoms with Crippen molar-refractivity contribution in [2.45, 2.75) is 25.0 Å². The summed E-state index contributed by atoms with van der Waals surface area (Å²) in [6.07, 6.45) is 4.93. The Bertz CT molecular complexity index is 484. The number of aromatic amines is 1. The number of hydrogen-bond donors (Lipinski definition) is 2. The van der Waals surface area contributed by atoms with Crippen LogP contribution in [0, 0.1) is 0 Å². The van der Waals surface area contributed by atoms with Crippen LogP contribution in [0.3, 0.4) is 0 Å². The highest BCUT2D eigenvalue weighted by molar-refractivity contribution is 5.93. The average molecular weight is 307 g/mol. The molecule has 122 valence electrons. The fourth-order valence-electron chi connectivity index (χ4n) is 3.44. The Labute approximate surface area is 130 Å². The number of carbonyl (C=O) groups excluding carboxylic acids is 1. The molecule has 1 aromatic rings. The summed E-state index contributed by atoms with van der Waals surface area (Å²) in [5.41, 5.74) is 0.556. The predicted molar refractivity (Wildman–Crippen MR) is 82.6 cm³/mol. The second-order valence-corrected chi connectivity index (χ2v) is 6.42. The van der Waals surface area contributed by atoms with Crippen molar-refractivity contribution < 1.29 is 9.90 Å². The molecule has 7 heteroatoms. The highest BCUT2D eigenvalue weighted by Crippen LogP contribution is 2.18. The number of nitrogens with one attached hydrogen (secondary N) is 1. The minimum absolute atomic E-state index is 0.0574. The van der Waals surface area contributed by atoms with E-state index in [2.05, 4.69) is 27.0 Å². The molecule has 0 aromatic carbocycles. The molecule has 0 saturated carbocycles. The molecular formula is C15H25N5O2. The van der Waals surface area contributed by atoms with Gasteiger partial charge in [-0.3, -0.25) is 14.8 Å². The zero-order valence-electron chi connectivity index (χ0n) is 13.1. The fourth-order valence-corrected chi connectivity index (χ4v) is 3.44. The number of rotatable bonds is 2. The predicted octanol–water partition coefficient (Wildman–Crippen LogP) is -0.377. The number of H-pyrrole nitrogens is 1. The van der Waals surface area contributed by atoms with Gasteiger partial charge in [0.25, 0.3) is 5.91 Å². The quantitative estimate of drug-likeness (QED) is 0.779. The first-order valence-corrected chi connectivity index (χ1v) is 8.02. The molecule has 1 atom stereocenters. The van der Waals surface area contributed by atoms with Crippen LogP contribution in [0.15, 0.2) is 12.4 Å². The molecule has 3 heterocycles. The van der Waals surface area contributed by atoms with Gasteiger partial charge in [0, 0.05) is 38.4 Å². The molecule has 1 amide bonds. The van der Waals surface area contributed by atoms with Crippen molar-refractivity contribution in [2.24, 2.45) is 0 Å². The Morgan fingerprint density at radius 3 is 2.73 bits per heavy atom. The maximum Gasteiger partial charge on any atom is 0.257 e. The van der Waals surface area contributed by atoms with Crippen LogP contribution in [-0.4, -0.2) is 94.4 Å². The number of likely N-dealkylation sites (tertiary alicyclic amines) is 1. The molecular weight excluding hydrogens is 282 g/mol. The van der Waals surface area contributed by atoms with Gasteiger partial charge in [-0.25, -0.2) is 0 Å². The van der Waals surface area contributed by atoms with Crippen molar-refractivity contribution in [1.82, 2.24) is 24.9 Å². The van der Waals surface area contributed by atoms with Gasteiger partial charge in [0.1, 0.15) is 0 Å². The summed E-state index contributed by atoms with van der Waals surface area (Å²) in [6.45, 7) is 4.75. The molecule has 7 nitrogen and oxygen atoms in total. The Kier molecular flexibility index (Phi) is 4.75. The minimum atomic E-state index is -0.488. The number of amides is 1. The zero-order chi connectivity index (χ0) is 15.5. The summed E-state index contributed by atoms with van der Waals surface area (Å²) in [5.74, 6) is -0.0574. The Morgan fingerprint density at radius 2 is 2.05 bits per heavy atom. The maximum atomic E-state index is 12.4. The van der Waals surface area contributed by atoms with Crippen LogP contribution < -0.4 is 0 Å². The molecule has 0 bridgehead atoms. The molecule has 0 spiro atoms. The smallest absolute Gasteiger partial charge is 0.257 e. The summed E-state index contributed by atoms with van der Waals surface area (Å²) in [7, 11) is 2.15. The van der Waals surface area contributed by atoms with Gasteiger partial charge < -0.3 is 14.9 Å². The minimum Gasteiger partial charge on any atom is -0.390 e. The van der Waals surface area contributed by atoms with E-state index in [0.29, 0.717) is 31.2 Å². The second-order valence-electron chi connectivity index (χ2n) is 6.42.